The van der Waals surface area contributed by atoms with Crippen molar-refractivity contribution < 1.29 is 13.3 Å². The third-order valence-corrected chi connectivity index (χ3v) is 4.92. The van der Waals surface area contributed by atoms with Gasteiger partial charge in [-0.05, 0) is 25.0 Å². The van der Waals surface area contributed by atoms with Crippen LogP contribution in [0.3, 0.4) is 0 Å². The van der Waals surface area contributed by atoms with Crippen molar-refractivity contribution in [1.82, 2.24) is 0 Å². The Labute approximate surface area is 96.3 Å². The van der Waals surface area contributed by atoms with E-state index in [1.807, 2.05) is 12.1 Å². The van der Waals surface area contributed by atoms with E-state index in [2.05, 4.69) is 4.84 Å². The van der Waals surface area contributed by atoms with Crippen LogP contribution in [0.5, 0.6) is 0 Å². The van der Waals surface area contributed by atoms with Crippen molar-refractivity contribution in [2.45, 2.75) is 25.2 Å². The van der Waals surface area contributed by atoms with E-state index < -0.39 is 14.6 Å². The van der Waals surface area contributed by atoms with Gasteiger partial charge in [0.1, 0.15) is 0 Å². The largest absolute Gasteiger partial charge is 0.300 e. The quantitative estimate of drug-likeness (QED) is 0.811. The fourth-order valence-corrected chi connectivity index (χ4v) is 1.88. The molecule has 0 radical (unpaired) electrons. The molecule has 1 aromatic carbocycles. The summed E-state index contributed by atoms with van der Waals surface area (Å²) in [6, 6.07) is 7.20. The lowest BCUT2D eigenvalue weighted by Gasteiger charge is -2.23. The molecule has 5 heteroatoms. The van der Waals surface area contributed by atoms with Crippen LogP contribution in [0, 0.1) is 0 Å². The van der Waals surface area contributed by atoms with Gasteiger partial charge in [-0.1, -0.05) is 24.3 Å². The highest BCUT2D eigenvalue weighted by Crippen LogP contribution is 2.28. The molecule has 90 valence electrons. The van der Waals surface area contributed by atoms with Gasteiger partial charge in [-0.3, -0.25) is 4.84 Å². The SMILES string of the molecule is CC(C)(c1ccc(CON)cc1)S(C)(=O)=O. The van der Waals surface area contributed by atoms with Crippen molar-refractivity contribution in [3.8, 4) is 0 Å². The molecule has 0 aliphatic carbocycles. The maximum Gasteiger partial charge on any atom is 0.156 e. The molecule has 0 aliphatic rings. The highest BCUT2D eigenvalue weighted by atomic mass is 32.2. The summed E-state index contributed by atoms with van der Waals surface area (Å²) < 4.78 is 22.4. The summed E-state index contributed by atoms with van der Waals surface area (Å²) in [5.74, 6) is 4.96. The van der Waals surface area contributed by atoms with Crippen LogP contribution >= 0.6 is 0 Å². The van der Waals surface area contributed by atoms with Crippen molar-refractivity contribution in [3.63, 3.8) is 0 Å². The number of benzene rings is 1. The third-order valence-electron chi connectivity index (χ3n) is 2.83. The van der Waals surface area contributed by atoms with E-state index in [4.69, 9.17) is 5.90 Å². The summed E-state index contributed by atoms with van der Waals surface area (Å²) in [5.41, 5.74) is 1.67. The molecule has 0 aliphatic heterocycles. The van der Waals surface area contributed by atoms with E-state index in [1.165, 1.54) is 6.26 Å². The molecule has 0 heterocycles. The van der Waals surface area contributed by atoms with Crippen molar-refractivity contribution in [2.75, 3.05) is 6.26 Å². The monoisotopic (exact) mass is 243 g/mol. The maximum atomic E-state index is 11.6. The summed E-state index contributed by atoms with van der Waals surface area (Å²) >= 11 is 0. The van der Waals surface area contributed by atoms with E-state index in [-0.39, 0.29) is 0 Å². The zero-order valence-electron chi connectivity index (χ0n) is 9.73. The lowest BCUT2D eigenvalue weighted by molar-refractivity contribution is 0.124. The Balaban J connectivity index is 3.07. The Bertz CT molecular complexity index is 449. The average molecular weight is 243 g/mol. The minimum Gasteiger partial charge on any atom is -0.300 e. The van der Waals surface area contributed by atoms with E-state index in [9.17, 15) is 8.42 Å². The van der Waals surface area contributed by atoms with Crippen molar-refractivity contribution in [3.05, 3.63) is 35.4 Å². The molecule has 1 aromatic rings. The minimum absolute atomic E-state index is 0.319. The smallest absolute Gasteiger partial charge is 0.156 e. The van der Waals surface area contributed by atoms with Crippen LogP contribution in [0.1, 0.15) is 25.0 Å². The molecule has 2 N–H and O–H groups in total. The Morgan fingerprint density at radius 3 is 2.12 bits per heavy atom. The summed E-state index contributed by atoms with van der Waals surface area (Å²) in [6.07, 6.45) is 1.24. The molecular weight excluding hydrogens is 226 g/mol. The van der Waals surface area contributed by atoms with Crippen LogP contribution in [0.2, 0.25) is 0 Å². The summed E-state index contributed by atoms with van der Waals surface area (Å²) in [5, 5.41) is 0. The number of rotatable bonds is 4. The number of nitrogens with two attached hydrogens (primary N) is 1. The standard InChI is InChI=1S/C11H17NO3S/c1-11(2,16(3,13)14)10-6-4-9(5-7-10)8-15-12/h4-7H,8,12H2,1-3H3. The highest BCUT2D eigenvalue weighted by Gasteiger charge is 2.31. The predicted molar refractivity (Wildman–Crippen MR) is 63.3 cm³/mol. The number of sulfone groups is 1. The van der Waals surface area contributed by atoms with Crippen LogP contribution < -0.4 is 5.90 Å². The molecule has 16 heavy (non-hydrogen) atoms. The average Bonchev–Trinajstić information content (AvgIpc) is 2.17. The van der Waals surface area contributed by atoms with Crippen LogP contribution in [-0.4, -0.2) is 14.7 Å². The van der Waals surface area contributed by atoms with Gasteiger partial charge in [-0.15, -0.1) is 0 Å². The number of hydrogen-bond donors (Lipinski definition) is 1. The Morgan fingerprint density at radius 2 is 1.75 bits per heavy atom. The summed E-state index contributed by atoms with van der Waals surface area (Å²) in [4.78, 5) is 4.50. The van der Waals surface area contributed by atoms with Crippen LogP contribution in [0.25, 0.3) is 0 Å². The van der Waals surface area contributed by atoms with Crippen LogP contribution in [0.15, 0.2) is 24.3 Å². The Hall–Kier alpha value is -0.910. The third kappa shape index (κ3) is 2.61. The fraction of sp³-hybridized carbons (Fsp3) is 0.455. The molecule has 0 atom stereocenters. The molecule has 0 aromatic heterocycles. The van der Waals surface area contributed by atoms with Gasteiger partial charge in [0.05, 0.1) is 11.4 Å². The van der Waals surface area contributed by atoms with Crippen molar-refractivity contribution in [2.24, 2.45) is 5.90 Å². The first-order valence-corrected chi connectivity index (χ1v) is 6.79. The molecule has 0 saturated carbocycles. The minimum atomic E-state index is -3.14. The van der Waals surface area contributed by atoms with Gasteiger partial charge in [0, 0.05) is 6.26 Å². The Morgan fingerprint density at radius 1 is 1.25 bits per heavy atom. The van der Waals surface area contributed by atoms with E-state index in [0.29, 0.717) is 6.61 Å². The summed E-state index contributed by atoms with van der Waals surface area (Å²) in [6.45, 7) is 3.70. The van der Waals surface area contributed by atoms with Gasteiger partial charge < -0.3 is 0 Å². The lowest BCUT2D eigenvalue weighted by atomic mass is 10.0. The molecule has 0 saturated heterocycles. The second kappa shape index (κ2) is 4.53. The van der Waals surface area contributed by atoms with Crippen molar-refractivity contribution in [1.29, 1.82) is 0 Å². The van der Waals surface area contributed by atoms with Crippen LogP contribution in [-0.2, 0) is 26.0 Å². The van der Waals surface area contributed by atoms with Crippen molar-refractivity contribution >= 4 is 9.84 Å². The first kappa shape index (κ1) is 13.2. The number of hydrogen-bond acceptors (Lipinski definition) is 4. The molecule has 1 rings (SSSR count). The summed E-state index contributed by atoms with van der Waals surface area (Å²) in [7, 11) is -3.14. The zero-order chi connectivity index (χ0) is 12.4. The van der Waals surface area contributed by atoms with E-state index in [1.54, 1.807) is 26.0 Å². The normalized spacial score (nSPS) is 12.8. The topological polar surface area (TPSA) is 69.4 Å². The second-order valence-corrected chi connectivity index (χ2v) is 6.86. The van der Waals surface area contributed by atoms with Gasteiger partial charge in [0.25, 0.3) is 0 Å². The van der Waals surface area contributed by atoms with Gasteiger partial charge >= 0.3 is 0 Å². The first-order valence-electron chi connectivity index (χ1n) is 4.90. The molecule has 0 unspecified atom stereocenters. The predicted octanol–water partition coefficient (Wildman–Crippen LogP) is 1.36. The van der Waals surface area contributed by atoms with E-state index >= 15 is 0 Å². The molecule has 4 nitrogen and oxygen atoms in total. The van der Waals surface area contributed by atoms with Gasteiger partial charge in [-0.2, -0.15) is 0 Å². The zero-order valence-corrected chi connectivity index (χ0v) is 10.5. The molecule has 0 amide bonds. The van der Waals surface area contributed by atoms with Crippen LogP contribution in [0.4, 0.5) is 0 Å². The molecule has 0 fully saturated rings. The van der Waals surface area contributed by atoms with Gasteiger partial charge in [-0.25, -0.2) is 14.3 Å². The highest BCUT2D eigenvalue weighted by molar-refractivity contribution is 7.91. The lowest BCUT2D eigenvalue weighted by Crippen LogP contribution is -2.27. The Kier molecular flexibility index (Phi) is 3.72. The molecule has 0 spiro atoms. The van der Waals surface area contributed by atoms with Gasteiger partial charge in [0.2, 0.25) is 0 Å². The van der Waals surface area contributed by atoms with Gasteiger partial charge in [0.15, 0.2) is 9.84 Å². The first-order chi connectivity index (χ1) is 7.29. The fourth-order valence-electron chi connectivity index (χ4n) is 1.31. The molecule has 0 bridgehead atoms. The maximum absolute atomic E-state index is 11.6. The second-order valence-electron chi connectivity index (χ2n) is 4.29. The molecular formula is C11H17NO3S. The van der Waals surface area contributed by atoms with E-state index in [0.717, 1.165) is 11.1 Å².